The molecule has 0 aromatic rings. The standard InChI is InChI=1S/C22H44O2.C6H12O6/c1-2-3-4-5-6-7-8-9-10-11-12-13-14-15-16-17-18-19-20-21-22(23)24;7-1-3(9)5(11)6(12)4(10)2-8/h2-21H2,1H3,(H,23,24);3,5-9,11-12H,1-2H2/t;3-,5+,6+/m.1/s1. The molecule has 0 unspecified atom stereocenters. The van der Waals surface area contributed by atoms with Crippen LogP contribution in [0.3, 0.4) is 0 Å². The zero-order valence-corrected chi connectivity index (χ0v) is 22.8. The van der Waals surface area contributed by atoms with Gasteiger partial charge in [-0.2, -0.15) is 0 Å². The van der Waals surface area contributed by atoms with Gasteiger partial charge in [-0.1, -0.05) is 122 Å². The van der Waals surface area contributed by atoms with Gasteiger partial charge in [-0.25, -0.2) is 0 Å². The number of carbonyl (C=O) groups excluding carboxylic acids is 1. The summed E-state index contributed by atoms with van der Waals surface area (Å²) in [5, 5.41) is 51.6. The molecule has 0 saturated carbocycles. The molecule has 8 nitrogen and oxygen atoms in total. The normalized spacial score (nSPS) is 13.5. The molecule has 36 heavy (non-hydrogen) atoms. The van der Waals surface area contributed by atoms with Crippen LogP contribution >= 0.6 is 0 Å². The van der Waals surface area contributed by atoms with Crippen molar-refractivity contribution in [3.05, 3.63) is 0 Å². The minimum Gasteiger partial charge on any atom is -0.481 e. The zero-order valence-electron chi connectivity index (χ0n) is 22.8. The van der Waals surface area contributed by atoms with E-state index in [1.54, 1.807) is 0 Å². The summed E-state index contributed by atoms with van der Waals surface area (Å²) in [6.07, 6.45) is 20.9. The highest BCUT2D eigenvalue weighted by atomic mass is 16.4. The van der Waals surface area contributed by atoms with Crippen LogP contribution in [0.4, 0.5) is 0 Å². The monoisotopic (exact) mass is 520 g/mol. The molecule has 3 atom stereocenters. The van der Waals surface area contributed by atoms with Crippen molar-refractivity contribution >= 4 is 11.8 Å². The average Bonchev–Trinajstić information content (AvgIpc) is 2.88. The molecule has 0 aliphatic heterocycles. The van der Waals surface area contributed by atoms with Crippen molar-refractivity contribution in [1.82, 2.24) is 0 Å². The van der Waals surface area contributed by atoms with E-state index >= 15 is 0 Å². The van der Waals surface area contributed by atoms with E-state index in [2.05, 4.69) is 6.92 Å². The van der Waals surface area contributed by atoms with E-state index in [4.69, 9.17) is 30.6 Å². The summed E-state index contributed by atoms with van der Waals surface area (Å²) in [4.78, 5) is 20.9. The number of aliphatic hydroxyl groups is 5. The van der Waals surface area contributed by atoms with Crippen LogP contribution in [0.5, 0.6) is 0 Å². The van der Waals surface area contributed by atoms with Crippen molar-refractivity contribution in [3.8, 4) is 0 Å². The summed E-state index contributed by atoms with van der Waals surface area (Å²) in [6.45, 7) is 0.596. The summed E-state index contributed by atoms with van der Waals surface area (Å²) in [5.74, 6) is -1.66. The number of carbonyl (C=O) groups is 2. The van der Waals surface area contributed by atoms with Crippen molar-refractivity contribution in [2.45, 2.75) is 154 Å². The van der Waals surface area contributed by atoms with E-state index in [0.29, 0.717) is 6.42 Å². The third-order valence-corrected chi connectivity index (χ3v) is 6.38. The number of carboxylic acids is 1. The first-order valence-electron chi connectivity index (χ1n) is 14.3. The fraction of sp³-hybridized carbons (Fsp3) is 0.929. The van der Waals surface area contributed by atoms with Crippen molar-refractivity contribution in [3.63, 3.8) is 0 Å². The molecular formula is C28H56O8. The first kappa shape index (κ1) is 37.1. The summed E-state index contributed by atoms with van der Waals surface area (Å²) in [5.41, 5.74) is 0. The molecule has 216 valence electrons. The third-order valence-electron chi connectivity index (χ3n) is 6.38. The van der Waals surface area contributed by atoms with Gasteiger partial charge in [0.25, 0.3) is 0 Å². The zero-order chi connectivity index (χ0) is 27.4. The van der Waals surface area contributed by atoms with Crippen LogP contribution in [0.25, 0.3) is 0 Å². The molecule has 0 bridgehead atoms. The van der Waals surface area contributed by atoms with Crippen molar-refractivity contribution in [2.75, 3.05) is 13.2 Å². The van der Waals surface area contributed by atoms with Gasteiger partial charge in [0.1, 0.15) is 24.9 Å². The molecule has 0 aliphatic rings. The maximum Gasteiger partial charge on any atom is 0.303 e. The fourth-order valence-electron chi connectivity index (χ4n) is 3.96. The molecule has 0 radical (unpaired) electrons. The Labute approximate surface area is 219 Å². The van der Waals surface area contributed by atoms with E-state index in [-0.39, 0.29) is 0 Å². The predicted molar refractivity (Wildman–Crippen MR) is 143 cm³/mol. The highest BCUT2D eigenvalue weighted by Gasteiger charge is 2.28. The highest BCUT2D eigenvalue weighted by Crippen LogP contribution is 2.14. The number of ketones is 1. The molecule has 0 aromatic carbocycles. The number of unbranched alkanes of at least 4 members (excludes halogenated alkanes) is 18. The van der Waals surface area contributed by atoms with Gasteiger partial charge < -0.3 is 30.6 Å². The largest absolute Gasteiger partial charge is 0.481 e. The van der Waals surface area contributed by atoms with Crippen LogP contribution in [0.15, 0.2) is 0 Å². The third kappa shape index (κ3) is 26.0. The number of aliphatic carboxylic acids is 1. The topological polar surface area (TPSA) is 156 Å². The Bertz CT molecular complexity index is 486. The Balaban J connectivity index is 0. The van der Waals surface area contributed by atoms with Gasteiger partial charge in [0.05, 0.1) is 6.61 Å². The quantitative estimate of drug-likeness (QED) is 0.0960. The second-order valence-electron chi connectivity index (χ2n) is 9.82. The fourth-order valence-corrected chi connectivity index (χ4v) is 3.96. The smallest absolute Gasteiger partial charge is 0.303 e. The Morgan fingerprint density at radius 1 is 0.583 bits per heavy atom. The van der Waals surface area contributed by atoms with Gasteiger partial charge in [-0.05, 0) is 6.42 Å². The van der Waals surface area contributed by atoms with Crippen LogP contribution in [0, 0.1) is 0 Å². The Kier molecular flexibility index (Phi) is 29.4. The summed E-state index contributed by atoms with van der Waals surface area (Å²) in [7, 11) is 0. The molecule has 0 aliphatic carbocycles. The Morgan fingerprint density at radius 2 is 0.917 bits per heavy atom. The molecular weight excluding hydrogens is 464 g/mol. The highest BCUT2D eigenvalue weighted by molar-refractivity contribution is 5.84. The second-order valence-corrected chi connectivity index (χ2v) is 9.82. The number of Topliss-reactive ketones (excluding diaryl/α,β-unsaturated/α-hetero) is 1. The Hall–Kier alpha value is -1.06. The lowest BCUT2D eigenvalue weighted by atomic mass is 10.0. The molecule has 6 N–H and O–H groups in total. The number of hydrogen-bond acceptors (Lipinski definition) is 7. The lowest BCUT2D eigenvalue weighted by Gasteiger charge is -2.19. The minimum absolute atomic E-state index is 0.346. The summed E-state index contributed by atoms with van der Waals surface area (Å²) >= 11 is 0. The van der Waals surface area contributed by atoms with Gasteiger partial charge in [-0.3, -0.25) is 9.59 Å². The van der Waals surface area contributed by atoms with Gasteiger partial charge in [0, 0.05) is 6.42 Å². The van der Waals surface area contributed by atoms with Crippen molar-refractivity contribution < 1.29 is 40.2 Å². The van der Waals surface area contributed by atoms with Gasteiger partial charge in [0.15, 0.2) is 5.78 Å². The number of hydrogen-bond donors (Lipinski definition) is 6. The van der Waals surface area contributed by atoms with Crippen LogP contribution in [0.2, 0.25) is 0 Å². The van der Waals surface area contributed by atoms with Gasteiger partial charge >= 0.3 is 5.97 Å². The molecule has 0 aromatic heterocycles. The lowest BCUT2D eigenvalue weighted by molar-refractivity contribution is -0.142. The maximum absolute atomic E-state index is 10.5. The minimum atomic E-state index is -1.86. The lowest BCUT2D eigenvalue weighted by Crippen LogP contribution is -2.44. The SMILES string of the molecule is CCCCCCCCCCCCCCCCCCCCCC(=O)O.O=C(CO)[C@H](O)[C@@H](O)[C@H](O)CO. The molecule has 0 spiro atoms. The molecule has 0 heterocycles. The second kappa shape index (κ2) is 28.5. The van der Waals surface area contributed by atoms with Gasteiger partial charge in [0.2, 0.25) is 0 Å². The number of carboxylic acid groups (broad SMARTS) is 1. The van der Waals surface area contributed by atoms with E-state index in [9.17, 15) is 9.59 Å². The summed E-state index contributed by atoms with van der Waals surface area (Å²) < 4.78 is 0. The van der Waals surface area contributed by atoms with E-state index in [0.717, 1.165) is 12.8 Å². The molecule has 0 saturated heterocycles. The molecule has 8 heteroatoms. The molecule has 0 amide bonds. The average molecular weight is 521 g/mol. The molecule has 0 rings (SSSR count). The van der Waals surface area contributed by atoms with Crippen LogP contribution in [-0.4, -0.2) is 73.9 Å². The van der Waals surface area contributed by atoms with Crippen molar-refractivity contribution in [2.24, 2.45) is 0 Å². The maximum atomic E-state index is 10.5. The van der Waals surface area contributed by atoms with Gasteiger partial charge in [-0.15, -0.1) is 0 Å². The predicted octanol–water partition coefficient (Wildman–Crippen LogP) is 4.52. The first-order valence-corrected chi connectivity index (χ1v) is 14.3. The number of aliphatic hydroxyl groups excluding tert-OH is 5. The number of rotatable bonds is 25. The van der Waals surface area contributed by atoms with Crippen LogP contribution < -0.4 is 0 Å². The van der Waals surface area contributed by atoms with E-state index in [1.807, 2.05) is 0 Å². The Morgan fingerprint density at radius 3 is 1.19 bits per heavy atom. The van der Waals surface area contributed by atoms with Crippen LogP contribution in [0.1, 0.15) is 135 Å². The van der Waals surface area contributed by atoms with Crippen LogP contribution in [-0.2, 0) is 9.59 Å². The molecule has 0 fully saturated rings. The van der Waals surface area contributed by atoms with Crippen molar-refractivity contribution in [1.29, 1.82) is 0 Å². The summed E-state index contributed by atoms with van der Waals surface area (Å²) in [6, 6.07) is 0. The van der Waals surface area contributed by atoms with E-state index < -0.39 is 43.3 Å². The van der Waals surface area contributed by atoms with E-state index in [1.165, 1.54) is 109 Å². The first-order chi connectivity index (χ1) is 17.3.